The van der Waals surface area contributed by atoms with Crippen LogP contribution in [0.5, 0.6) is 0 Å². The predicted octanol–water partition coefficient (Wildman–Crippen LogP) is 1.72. The van der Waals surface area contributed by atoms with Crippen LogP contribution >= 0.6 is 11.3 Å². The quantitative estimate of drug-likeness (QED) is 0.486. The molecule has 1 fully saturated rings. The van der Waals surface area contributed by atoms with Crippen molar-refractivity contribution in [3.05, 3.63) is 21.7 Å². The van der Waals surface area contributed by atoms with E-state index in [-0.39, 0.29) is 11.7 Å². The van der Waals surface area contributed by atoms with Gasteiger partial charge in [-0.15, -0.1) is 0 Å². The highest BCUT2D eigenvalue weighted by Gasteiger charge is 2.30. The number of hydrogen-bond acceptors (Lipinski definition) is 6. The first-order chi connectivity index (χ1) is 9.20. The molecule has 100 valence electrons. The van der Waals surface area contributed by atoms with Crippen molar-refractivity contribution in [2.45, 2.75) is 12.8 Å². The molecular formula is C11H12N4O3S. The molecule has 1 aliphatic rings. The summed E-state index contributed by atoms with van der Waals surface area (Å²) in [5, 5.41) is 13.0. The number of aromatic nitrogens is 2. The average Bonchev–Trinajstić information content (AvgIpc) is 2.98. The Morgan fingerprint density at radius 2 is 2.21 bits per heavy atom. The number of hydrogen-bond donors (Lipinski definition) is 0. The molecule has 3 heterocycles. The zero-order chi connectivity index (χ0) is 13.4. The number of nitrogens with zero attached hydrogens (tertiary/aromatic N) is 4. The molecule has 0 aromatic carbocycles. The van der Waals surface area contributed by atoms with E-state index in [1.165, 1.54) is 15.7 Å². The largest absolute Gasteiger partial charge is 0.373 e. The standard InChI is InChI=1S/C11H12N4O3S/c16-7-8-1-3-13(4-2-8)9-10(15(17)18)14-5-6-19-11(14)12-9/h5-8H,1-4H2. The van der Waals surface area contributed by atoms with Crippen molar-refractivity contribution >= 4 is 34.2 Å². The summed E-state index contributed by atoms with van der Waals surface area (Å²) in [7, 11) is 0. The van der Waals surface area contributed by atoms with Gasteiger partial charge in [0.1, 0.15) is 12.5 Å². The number of imidazole rings is 1. The van der Waals surface area contributed by atoms with E-state index in [0.717, 1.165) is 19.1 Å². The first kappa shape index (κ1) is 12.1. The topological polar surface area (TPSA) is 80.8 Å². The Kier molecular flexibility index (Phi) is 2.94. The average molecular weight is 280 g/mol. The molecule has 0 N–H and O–H groups in total. The number of aldehydes is 1. The number of nitro groups is 1. The highest BCUT2D eigenvalue weighted by atomic mass is 32.1. The molecule has 19 heavy (non-hydrogen) atoms. The van der Waals surface area contributed by atoms with Crippen molar-refractivity contribution < 1.29 is 9.72 Å². The highest BCUT2D eigenvalue weighted by Crippen LogP contribution is 2.33. The molecule has 7 nitrogen and oxygen atoms in total. The molecule has 3 rings (SSSR count). The van der Waals surface area contributed by atoms with Crippen molar-refractivity contribution in [1.82, 2.24) is 9.38 Å². The second kappa shape index (κ2) is 4.61. The van der Waals surface area contributed by atoms with E-state index in [0.29, 0.717) is 23.9 Å². The Balaban J connectivity index is 1.96. The lowest BCUT2D eigenvalue weighted by Crippen LogP contribution is -2.34. The molecule has 2 aromatic heterocycles. The van der Waals surface area contributed by atoms with Gasteiger partial charge in [-0.2, -0.15) is 9.38 Å². The first-order valence-corrected chi connectivity index (χ1v) is 6.89. The fraction of sp³-hybridized carbons (Fsp3) is 0.455. The molecule has 8 heteroatoms. The molecule has 0 radical (unpaired) electrons. The van der Waals surface area contributed by atoms with Gasteiger partial charge in [-0.1, -0.05) is 11.3 Å². The summed E-state index contributed by atoms with van der Waals surface area (Å²) in [5.41, 5.74) is 0. The molecule has 0 saturated carbocycles. The number of fused-ring (bicyclic) bond motifs is 1. The number of thiazole rings is 1. The van der Waals surface area contributed by atoms with E-state index in [4.69, 9.17) is 0 Å². The first-order valence-electron chi connectivity index (χ1n) is 6.01. The Bertz CT molecular complexity index is 627. The minimum atomic E-state index is -0.395. The predicted molar refractivity (Wildman–Crippen MR) is 70.7 cm³/mol. The number of carbonyl (C=O) groups is 1. The van der Waals surface area contributed by atoms with Crippen LogP contribution in [-0.2, 0) is 4.79 Å². The van der Waals surface area contributed by atoms with Crippen LogP contribution in [0.25, 0.3) is 4.96 Å². The molecule has 0 amide bonds. The van der Waals surface area contributed by atoms with Gasteiger partial charge in [0.2, 0.25) is 5.82 Å². The molecule has 2 aromatic rings. The number of carbonyl (C=O) groups excluding carboxylic acids is 1. The summed E-state index contributed by atoms with van der Waals surface area (Å²) in [6, 6.07) is 0. The zero-order valence-corrected chi connectivity index (χ0v) is 10.9. The van der Waals surface area contributed by atoms with Gasteiger partial charge in [0.15, 0.2) is 0 Å². The van der Waals surface area contributed by atoms with Crippen molar-refractivity contribution in [2.75, 3.05) is 18.0 Å². The Morgan fingerprint density at radius 1 is 1.47 bits per heavy atom. The summed E-state index contributed by atoms with van der Waals surface area (Å²) in [5.74, 6) is 0.501. The second-order valence-electron chi connectivity index (χ2n) is 4.53. The van der Waals surface area contributed by atoms with E-state index in [1.54, 1.807) is 11.6 Å². The summed E-state index contributed by atoms with van der Waals surface area (Å²) in [6.07, 6.45) is 4.09. The third kappa shape index (κ3) is 1.97. The zero-order valence-electron chi connectivity index (χ0n) is 10.1. The van der Waals surface area contributed by atoms with Gasteiger partial charge in [0.25, 0.3) is 4.96 Å². The Hall–Kier alpha value is -1.96. The van der Waals surface area contributed by atoms with E-state index in [9.17, 15) is 14.9 Å². The van der Waals surface area contributed by atoms with Gasteiger partial charge >= 0.3 is 5.82 Å². The van der Waals surface area contributed by atoms with Crippen molar-refractivity contribution in [1.29, 1.82) is 0 Å². The molecule has 0 atom stereocenters. The number of piperidine rings is 1. The maximum absolute atomic E-state index is 11.2. The van der Waals surface area contributed by atoms with Crippen molar-refractivity contribution in [3.63, 3.8) is 0 Å². The van der Waals surface area contributed by atoms with E-state index in [2.05, 4.69) is 4.98 Å². The fourth-order valence-electron chi connectivity index (χ4n) is 2.39. The number of anilines is 1. The van der Waals surface area contributed by atoms with Crippen LogP contribution in [0.3, 0.4) is 0 Å². The highest BCUT2D eigenvalue weighted by molar-refractivity contribution is 7.15. The van der Waals surface area contributed by atoms with Gasteiger partial charge in [0.05, 0.1) is 0 Å². The van der Waals surface area contributed by atoms with Crippen molar-refractivity contribution in [2.24, 2.45) is 5.92 Å². The number of rotatable bonds is 3. The van der Waals surface area contributed by atoms with E-state index < -0.39 is 4.92 Å². The van der Waals surface area contributed by atoms with Crippen LogP contribution in [0.2, 0.25) is 0 Å². The fourth-order valence-corrected chi connectivity index (χ4v) is 3.10. The molecule has 0 aliphatic carbocycles. The van der Waals surface area contributed by atoms with Crippen molar-refractivity contribution in [3.8, 4) is 0 Å². The van der Waals surface area contributed by atoms with Gasteiger partial charge in [-0.25, -0.2) is 0 Å². The molecule has 1 saturated heterocycles. The van der Waals surface area contributed by atoms with E-state index >= 15 is 0 Å². The van der Waals surface area contributed by atoms with Gasteiger partial charge < -0.3 is 19.8 Å². The third-order valence-corrected chi connectivity index (χ3v) is 4.18. The minimum absolute atomic E-state index is 0.0146. The summed E-state index contributed by atoms with van der Waals surface area (Å²) >= 11 is 1.37. The molecule has 0 spiro atoms. The lowest BCUT2D eigenvalue weighted by molar-refractivity contribution is -0.389. The van der Waals surface area contributed by atoms with Crippen LogP contribution in [0.1, 0.15) is 12.8 Å². The van der Waals surface area contributed by atoms with E-state index in [1.807, 2.05) is 4.90 Å². The van der Waals surface area contributed by atoms with Gasteiger partial charge in [-0.05, 0) is 17.8 Å². The van der Waals surface area contributed by atoms with Crippen LogP contribution in [0.15, 0.2) is 11.6 Å². The van der Waals surface area contributed by atoms with Gasteiger partial charge in [-0.3, -0.25) is 0 Å². The van der Waals surface area contributed by atoms with Crippen LogP contribution in [-0.4, -0.2) is 33.7 Å². The lowest BCUT2D eigenvalue weighted by Gasteiger charge is -2.29. The van der Waals surface area contributed by atoms with Crippen LogP contribution in [0, 0.1) is 16.0 Å². The van der Waals surface area contributed by atoms with Crippen LogP contribution < -0.4 is 4.90 Å². The summed E-state index contributed by atoms with van der Waals surface area (Å²) < 4.78 is 1.51. The Morgan fingerprint density at radius 3 is 2.84 bits per heavy atom. The third-order valence-electron chi connectivity index (χ3n) is 3.42. The SMILES string of the molecule is O=CC1CCN(c2nc3sccn3c2[N+](=O)[O-])CC1. The second-order valence-corrected chi connectivity index (χ2v) is 5.41. The summed E-state index contributed by atoms with van der Waals surface area (Å²) in [6.45, 7) is 1.27. The smallest absolute Gasteiger partial charge is 0.358 e. The molecule has 0 bridgehead atoms. The summed E-state index contributed by atoms with van der Waals surface area (Å²) in [4.78, 5) is 28.4. The maximum atomic E-state index is 11.2. The molecular weight excluding hydrogens is 268 g/mol. The van der Waals surface area contributed by atoms with Gasteiger partial charge in [0, 0.05) is 24.4 Å². The van der Waals surface area contributed by atoms with Crippen LogP contribution in [0.4, 0.5) is 11.6 Å². The normalized spacial score (nSPS) is 16.9. The Labute approximate surface area is 112 Å². The molecule has 1 aliphatic heterocycles. The minimum Gasteiger partial charge on any atom is -0.358 e. The monoisotopic (exact) mass is 280 g/mol. The molecule has 0 unspecified atom stereocenters. The maximum Gasteiger partial charge on any atom is 0.373 e. The lowest BCUT2D eigenvalue weighted by atomic mass is 9.99.